The largest absolute Gasteiger partial charge is 0.304 e. The van der Waals surface area contributed by atoms with E-state index in [0.29, 0.717) is 17.3 Å². The number of hydrogen-bond acceptors (Lipinski definition) is 3. The van der Waals surface area contributed by atoms with Gasteiger partial charge in [-0.25, -0.2) is 9.67 Å². The summed E-state index contributed by atoms with van der Waals surface area (Å²) in [7, 11) is 0. The number of pyridine rings is 1. The van der Waals surface area contributed by atoms with Gasteiger partial charge in [0, 0.05) is 17.5 Å². The average Bonchev–Trinajstić information content (AvgIpc) is 2.96. The molecule has 5 nitrogen and oxygen atoms in total. The summed E-state index contributed by atoms with van der Waals surface area (Å²) in [5.41, 5.74) is 4.49. The Labute approximate surface area is 164 Å². The van der Waals surface area contributed by atoms with Gasteiger partial charge < -0.3 is 5.32 Å². The fraction of sp³-hybridized carbons (Fsp3) is 0.261. The molecule has 0 aliphatic heterocycles. The molecule has 0 bridgehead atoms. The zero-order chi connectivity index (χ0) is 19.8. The molecule has 0 unspecified atom stereocenters. The van der Waals surface area contributed by atoms with Crippen LogP contribution >= 0.6 is 0 Å². The SMILES string of the molecule is Cc1ccc2nc3c(cc2c1)c(NC(=O)c1ccccc1C)nn3CC(C)C. The highest BCUT2D eigenvalue weighted by atomic mass is 16.1. The number of carbonyl (C=O) groups excluding carboxylic acids is 1. The highest BCUT2D eigenvalue weighted by Gasteiger charge is 2.17. The average molecular weight is 372 g/mol. The molecule has 0 spiro atoms. The molecule has 0 aliphatic rings. The van der Waals surface area contributed by atoms with Gasteiger partial charge in [0.1, 0.15) is 0 Å². The number of rotatable bonds is 4. The topological polar surface area (TPSA) is 59.8 Å². The lowest BCUT2D eigenvalue weighted by Crippen LogP contribution is -2.14. The second-order valence-corrected chi connectivity index (χ2v) is 7.75. The third-order valence-corrected chi connectivity index (χ3v) is 4.83. The van der Waals surface area contributed by atoms with E-state index in [1.165, 1.54) is 5.56 Å². The summed E-state index contributed by atoms with van der Waals surface area (Å²) in [4.78, 5) is 17.7. The first-order valence-corrected chi connectivity index (χ1v) is 9.57. The molecule has 4 aromatic rings. The number of amides is 1. The third-order valence-electron chi connectivity index (χ3n) is 4.83. The molecule has 142 valence electrons. The summed E-state index contributed by atoms with van der Waals surface area (Å²) >= 11 is 0. The van der Waals surface area contributed by atoms with Gasteiger partial charge in [0.15, 0.2) is 11.5 Å². The van der Waals surface area contributed by atoms with Crippen molar-refractivity contribution < 1.29 is 4.79 Å². The van der Waals surface area contributed by atoms with Crippen LogP contribution in [0.25, 0.3) is 21.9 Å². The molecule has 0 radical (unpaired) electrons. The van der Waals surface area contributed by atoms with Crippen LogP contribution in [-0.2, 0) is 6.54 Å². The normalized spacial score (nSPS) is 11.5. The number of anilines is 1. The van der Waals surface area contributed by atoms with Gasteiger partial charge in [-0.15, -0.1) is 0 Å². The first-order chi connectivity index (χ1) is 13.4. The second-order valence-electron chi connectivity index (χ2n) is 7.75. The minimum atomic E-state index is -0.154. The van der Waals surface area contributed by atoms with Crippen molar-refractivity contribution in [3.63, 3.8) is 0 Å². The van der Waals surface area contributed by atoms with Crippen molar-refractivity contribution in [1.29, 1.82) is 0 Å². The minimum absolute atomic E-state index is 0.154. The highest BCUT2D eigenvalue weighted by molar-refractivity contribution is 6.09. The summed E-state index contributed by atoms with van der Waals surface area (Å²) in [6, 6.07) is 15.8. The van der Waals surface area contributed by atoms with E-state index < -0.39 is 0 Å². The molecule has 4 rings (SSSR count). The summed E-state index contributed by atoms with van der Waals surface area (Å²) in [5.74, 6) is 0.817. The molecule has 5 heteroatoms. The molecule has 1 N–H and O–H groups in total. The Balaban J connectivity index is 1.84. The number of carbonyl (C=O) groups is 1. The Morgan fingerprint density at radius 1 is 1.11 bits per heavy atom. The standard InChI is InChI=1S/C23H24N4O/c1-14(2)13-27-22-19(12-17-11-15(3)9-10-20(17)24-22)21(26-27)25-23(28)18-8-6-5-7-16(18)4/h5-12,14H,13H2,1-4H3,(H,25,26,28). The van der Waals surface area contributed by atoms with Gasteiger partial charge in [0.25, 0.3) is 5.91 Å². The molecule has 0 aliphatic carbocycles. The van der Waals surface area contributed by atoms with Crippen LogP contribution in [0.3, 0.4) is 0 Å². The maximum absolute atomic E-state index is 12.8. The molecule has 2 aromatic carbocycles. The molecule has 28 heavy (non-hydrogen) atoms. The van der Waals surface area contributed by atoms with Crippen LogP contribution in [0.2, 0.25) is 0 Å². The first-order valence-electron chi connectivity index (χ1n) is 9.57. The summed E-state index contributed by atoms with van der Waals surface area (Å²) < 4.78 is 1.90. The van der Waals surface area contributed by atoms with E-state index in [2.05, 4.69) is 44.3 Å². The van der Waals surface area contributed by atoms with Crippen molar-refractivity contribution in [2.45, 2.75) is 34.2 Å². The lowest BCUT2D eigenvalue weighted by Gasteiger charge is -2.06. The van der Waals surface area contributed by atoms with Crippen molar-refractivity contribution in [3.8, 4) is 0 Å². The number of aromatic nitrogens is 3. The molecule has 0 atom stereocenters. The molecule has 1 amide bonds. The monoisotopic (exact) mass is 372 g/mol. The number of hydrogen-bond donors (Lipinski definition) is 1. The fourth-order valence-electron chi connectivity index (χ4n) is 3.45. The molecule has 2 heterocycles. The van der Waals surface area contributed by atoms with Crippen LogP contribution in [0.1, 0.15) is 35.3 Å². The predicted molar refractivity (Wildman–Crippen MR) is 114 cm³/mol. The lowest BCUT2D eigenvalue weighted by atomic mass is 10.1. The molecule has 0 saturated heterocycles. The maximum Gasteiger partial charge on any atom is 0.257 e. The molecule has 0 saturated carbocycles. The van der Waals surface area contributed by atoms with Gasteiger partial charge >= 0.3 is 0 Å². The summed E-state index contributed by atoms with van der Waals surface area (Å²) in [6.07, 6.45) is 0. The van der Waals surface area contributed by atoms with E-state index in [-0.39, 0.29) is 5.91 Å². The van der Waals surface area contributed by atoms with E-state index in [1.807, 2.05) is 41.9 Å². The van der Waals surface area contributed by atoms with Crippen molar-refractivity contribution >= 4 is 33.7 Å². The molecular weight excluding hydrogens is 348 g/mol. The van der Waals surface area contributed by atoms with Gasteiger partial charge in [0.2, 0.25) is 0 Å². The van der Waals surface area contributed by atoms with Gasteiger partial charge in [-0.3, -0.25) is 4.79 Å². The maximum atomic E-state index is 12.8. The van der Waals surface area contributed by atoms with Crippen LogP contribution in [-0.4, -0.2) is 20.7 Å². The Bertz CT molecular complexity index is 1190. The lowest BCUT2D eigenvalue weighted by molar-refractivity contribution is 0.102. The van der Waals surface area contributed by atoms with Gasteiger partial charge in [0.05, 0.1) is 10.9 Å². The predicted octanol–water partition coefficient (Wildman–Crippen LogP) is 5.11. The van der Waals surface area contributed by atoms with Crippen molar-refractivity contribution in [1.82, 2.24) is 14.8 Å². The van der Waals surface area contributed by atoms with Crippen LogP contribution in [0.4, 0.5) is 5.82 Å². The zero-order valence-electron chi connectivity index (χ0n) is 16.7. The third kappa shape index (κ3) is 3.36. The van der Waals surface area contributed by atoms with E-state index >= 15 is 0 Å². The number of nitrogens with zero attached hydrogens (tertiary/aromatic N) is 3. The van der Waals surface area contributed by atoms with Gasteiger partial charge in [-0.1, -0.05) is 43.7 Å². The Hall–Kier alpha value is -3.21. The van der Waals surface area contributed by atoms with Gasteiger partial charge in [-0.2, -0.15) is 5.10 Å². The number of fused-ring (bicyclic) bond motifs is 2. The van der Waals surface area contributed by atoms with Crippen LogP contribution in [0.15, 0.2) is 48.5 Å². The fourth-order valence-corrected chi connectivity index (χ4v) is 3.45. The highest BCUT2D eigenvalue weighted by Crippen LogP contribution is 2.27. The van der Waals surface area contributed by atoms with E-state index in [1.54, 1.807) is 0 Å². The van der Waals surface area contributed by atoms with E-state index in [0.717, 1.165) is 34.0 Å². The Morgan fingerprint density at radius 3 is 2.64 bits per heavy atom. The van der Waals surface area contributed by atoms with Crippen LogP contribution in [0.5, 0.6) is 0 Å². The number of benzene rings is 2. The second kappa shape index (κ2) is 7.08. The minimum Gasteiger partial charge on any atom is -0.304 e. The summed E-state index contributed by atoms with van der Waals surface area (Å²) in [5, 5.41) is 9.60. The van der Waals surface area contributed by atoms with Crippen molar-refractivity contribution in [2.75, 3.05) is 5.32 Å². The Kier molecular flexibility index (Phi) is 4.59. The van der Waals surface area contributed by atoms with E-state index in [4.69, 9.17) is 10.1 Å². The first kappa shape index (κ1) is 18.2. The molecule has 2 aromatic heterocycles. The molecular formula is C23H24N4O. The van der Waals surface area contributed by atoms with Crippen LogP contribution in [0, 0.1) is 19.8 Å². The number of nitrogens with one attached hydrogen (secondary N) is 1. The smallest absolute Gasteiger partial charge is 0.257 e. The quantitative estimate of drug-likeness (QED) is 0.541. The van der Waals surface area contributed by atoms with Crippen molar-refractivity contribution in [2.24, 2.45) is 5.92 Å². The van der Waals surface area contributed by atoms with Crippen LogP contribution < -0.4 is 5.32 Å². The van der Waals surface area contributed by atoms with Gasteiger partial charge in [-0.05, 0) is 49.6 Å². The Morgan fingerprint density at radius 2 is 1.89 bits per heavy atom. The number of aryl methyl sites for hydroxylation is 2. The molecule has 0 fully saturated rings. The zero-order valence-corrected chi connectivity index (χ0v) is 16.7. The summed E-state index contributed by atoms with van der Waals surface area (Å²) in [6.45, 7) is 9.02. The van der Waals surface area contributed by atoms with Crippen molar-refractivity contribution in [3.05, 3.63) is 65.2 Å². The van der Waals surface area contributed by atoms with E-state index in [9.17, 15) is 4.79 Å².